The summed E-state index contributed by atoms with van der Waals surface area (Å²) < 4.78 is 37.3. The molecule has 2 fully saturated rings. The van der Waals surface area contributed by atoms with Crippen molar-refractivity contribution in [1.29, 1.82) is 0 Å². The standard InChI is InChI=1S/C28H36N4O5S/c1-5-31(20-9-7-6-8-10-20)28(33)22-16-23(19-11-12-24(36-3)25(15-19)37-4)29-27-26(22)18(2)30-32(27)21-13-14-38(34,35)17-21/h11-12,15-16,20-21H,5-10,13-14,17H2,1-4H3. The maximum atomic E-state index is 14.2. The molecule has 2 aliphatic rings. The third kappa shape index (κ3) is 4.86. The van der Waals surface area contributed by atoms with Gasteiger partial charge in [0.2, 0.25) is 0 Å². The molecule has 0 N–H and O–H groups in total. The number of aryl methyl sites for hydroxylation is 1. The Balaban J connectivity index is 1.69. The van der Waals surface area contributed by atoms with Crippen molar-refractivity contribution in [1.82, 2.24) is 19.7 Å². The minimum absolute atomic E-state index is 0.0257. The quantitative estimate of drug-likeness (QED) is 0.432. The monoisotopic (exact) mass is 540 g/mol. The third-order valence-corrected chi connectivity index (χ3v) is 9.67. The maximum absolute atomic E-state index is 14.2. The summed E-state index contributed by atoms with van der Waals surface area (Å²) in [5, 5.41) is 5.44. The van der Waals surface area contributed by atoms with E-state index in [1.807, 2.05) is 43.0 Å². The number of pyridine rings is 1. The maximum Gasteiger partial charge on any atom is 0.254 e. The zero-order valence-electron chi connectivity index (χ0n) is 22.6. The molecule has 3 heterocycles. The van der Waals surface area contributed by atoms with Crippen LogP contribution in [0.1, 0.15) is 67.5 Å². The van der Waals surface area contributed by atoms with Crippen LogP contribution < -0.4 is 9.47 Å². The van der Waals surface area contributed by atoms with Crippen molar-refractivity contribution in [3.05, 3.63) is 35.5 Å². The van der Waals surface area contributed by atoms with Gasteiger partial charge in [0.1, 0.15) is 0 Å². The van der Waals surface area contributed by atoms with Crippen LogP contribution in [-0.4, -0.2) is 72.3 Å². The number of fused-ring (bicyclic) bond motifs is 1. The van der Waals surface area contributed by atoms with Crippen LogP contribution >= 0.6 is 0 Å². The van der Waals surface area contributed by atoms with Crippen LogP contribution in [0, 0.1) is 6.92 Å². The number of hydrogen-bond donors (Lipinski definition) is 0. The topological polar surface area (TPSA) is 104 Å². The Labute approximate surface area is 224 Å². The summed E-state index contributed by atoms with van der Waals surface area (Å²) in [4.78, 5) is 21.2. The molecule has 1 unspecified atom stereocenters. The van der Waals surface area contributed by atoms with E-state index in [-0.39, 0.29) is 29.5 Å². The van der Waals surface area contributed by atoms with E-state index < -0.39 is 9.84 Å². The van der Waals surface area contributed by atoms with Gasteiger partial charge in [0, 0.05) is 18.2 Å². The molecule has 10 heteroatoms. The molecule has 0 radical (unpaired) electrons. The second kappa shape index (κ2) is 10.6. The Hall–Kier alpha value is -3.14. The Bertz CT molecular complexity index is 1460. The van der Waals surface area contributed by atoms with Gasteiger partial charge < -0.3 is 14.4 Å². The SMILES string of the molecule is CCN(C(=O)c1cc(-c2ccc(OC)c(OC)c2)nc2c1c(C)nn2C1CCS(=O)(=O)C1)C1CCCCC1. The number of carbonyl (C=O) groups excluding carboxylic acids is 1. The molecule has 1 aliphatic heterocycles. The van der Waals surface area contributed by atoms with Crippen molar-refractivity contribution in [2.24, 2.45) is 0 Å². The molecule has 0 bridgehead atoms. The highest BCUT2D eigenvalue weighted by Crippen LogP contribution is 2.36. The van der Waals surface area contributed by atoms with Crippen molar-refractivity contribution in [3.8, 4) is 22.8 Å². The first-order chi connectivity index (χ1) is 18.3. The number of amides is 1. The van der Waals surface area contributed by atoms with E-state index in [0.717, 1.165) is 31.2 Å². The van der Waals surface area contributed by atoms with Crippen molar-refractivity contribution < 1.29 is 22.7 Å². The largest absolute Gasteiger partial charge is 0.493 e. The predicted octanol–water partition coefficient (Wildman–Crippen LogP) is 4.58. The van der Waals surface area contributed by atoms with Crippen LogP contribution in [0.4, 0.5) is 0 Å². The Morgan fingerprint density at radius 2 is 1.82 bits per heavy atom. The number of aromatic nitrogens is 3. The van der Waals surface area contributed by atoms with Crippen molar-refractivity contribution in [2.75, 3.05) is 32.3 Å². The van der Waals surface area contributed by atoms with Crippen molar-refractivity contribution in [2.45, 2.75) is 64.5 Å². The van der Waals surface area contributed by atoms with Gasteiger partial charge >= 0.3 is 0 Å². The fourth-order valence-corrected chi connectivity index (χ4v) is 7.66. The van der Waals surface area contributed by atoms with Crippen LogP contribution in [-0.2, 0) is 9.84 Å². The van der Waals surface area contributed by atoms with E-state index in [1.54, 1.807) is 18.9 Å². The zero-order valence-corrected chi connectivity index (χ0v) is 23.4. The summed E-state index contributed by atoms with van der Waals surface area (Å²) in [6, 6.07) is 7.29. The summed E-state index contributed by atoms with van der Waals surface area (Å²) in [5.41, 5.74) is 3.14. The van der Waals surface area contributed by atoms with Crippen LogP contribution in [0.5, 0.6) is 11.5 Å². The van der Waals surface area contributed by atoms with E-state index in [4.69, 9.17) is 19.6 Å². The van der Waals surface area contributed by atoms with Gasteiger partial charge in [-0.25, -0.2) is 18.1 Å². The average molecular weight is 541 g/mol. The number of carbonyl (C=O) groups is 1. The van der Waals surface area contributed by atoms with Gasteiger partial charge in [0.05, 0.1) is 54.1 Å². The van der Waals surface area contributed by atoms with Gasteiger partial charge in [-0.1, -0.05) is 19.3 Å². The van der Waals surface area contributed by atoms with Gasteiger partial charge in [-0.2, -0.15) is 5.10 Å². The summed E-state index contributed by atoms with van der Waals surface area (Å²) in [5.74, 6) is 1.28. The second-order valence-electron chi connectivity index (χ2n) is 10.3. The summed E-state index contributed by atoms with van der Waals surface area (Å²) in [6.45, 7) is 4.51. The highest BCUT2D eigenvalue weighted by molar-refractivity contribution is 7.91. The first kappa shape index (κ1) is 26.5. The first-order valence-electron chi connectivity index (χ1n) is 13.4. The Kier molecular flexibility index (Phi) is 7.35. The van der Waals surface area contributed by atoms with Gasteiger partial charge in [-0.3, -0.25) is 4.79 Å². The molecule has 9 nitrogen and oxygen atoms in total. The average Bonchev–Trinajstić information content (AvgIpc) is 3.47. The highest BCUT2D eigenvalue weighted by Gasteiger charge is 2.34. The van der Waals surface area contributed by atoms with Gasteiger partial charge in [0.25, 0.3) is 5.91 Å². The summed E-state index contributed by atoms with van der Waals surface area (Å²) >= 11 is 0. The molecule has 0 spiro atoms. The lowest BCUT2D eigenvalue weighted by molar-refractivity contribution is 0.0650. The Morgan fingerprint density at radius 1 is 1.08 bits per heavy atom. The molecule has 2 aromatic heterocycles. The molecule has 5 rings (SSSR count). The first-order valence-corrected chi connectivity index (χ1v) is 15.2. The smallest absolute Gasteiger partial charge is 0.254 e. The lowest BCUT2D eigenvalue weighted by Crippen LogP contribution is -2.41. The molecule has 38 heavy (non-hydrogen) atoms. The zero-order chi connectivity index (χ0) is 27.0. The molecule has 3 aromatic rings. The molecular formula is C28H36N4O5S. The number of rotatable bonds is 7. The lowest BCUT2D eigenvalue weighted by atomic mass is 9.93. The van der Waals surface area contributed by atoms with Gasteiger partial charge in [-0.05, 0) is 57.4 Å². The minimum Gasteiger partial charge on any atom is -0.493 e. The number of methoxy groups -OCH3 is 2. The molecule has 1 saturated carbocycles. The van der Waals surface area contributed by atoms with Gasteiger partial charge in [0.15, 0.2) is 27.0 Å². The fraction of sp³-hybridized carbons (Fsp3) is 0.536. The number of ether oxygens (including phenoxy) is 2. The van der Waals surface area contributed by atoms with E-state index in [2.05, 4.69) is 0 Å². The van der Waals surface area contributed by atoms with Crippen LogP contribution in [0.3, 0.4) is 0 Å². The number of sulfone groups is 1. The molecule has 1 atom stereocenters. The molecule has 1 aliphatic carbocycles. The van der Waals surface area contributed by atoms with Crippen LogP contribution in [0.15, 0.2) is 24.3 Å². The molecule has 1 saturated heterocycles. The minimum atomic E-state index is -3.13. The summed E-state index contributed by atoms with van der Waals surface area (Å²) in [7, 11) is 0.0278. The predicted molar refractivity (Wildman–Crippen MR) is 147 cm³/mol. The van der Waals surface area contributed by atoms with E-state index in [1.165, 1.54) is 6.42 Å². The number of nitrogens with zero attached hydrogens (tertiary/aromatic N) is 4. The highest BCUT2D eigenvalue weighted by atomic mass is 32.2. The third-order valence-electron chi connectivity index (χ3n) is 7.92. The van der Waals surface area contributed by atoms with E-state index in [9.17, 15) is 13.2 Å². The number of hydrogen-bond acceptors (Lipinski definition) is 7. The molecule has 1 amide bonds. The van der Waals surface area contributed by atoms with Crippen LogP contribution in [0.2, 0.25) is 0 Å². The molecule has 204 valence electrons. The van der Waals surface area contributed by atoms with Crippen LogP contribution in [0.25, 0.3) is 22.3 Å². The number of benzene rings is 1. The second-order valence-corrected chi connectivity index (χ2v) is 12.5. The molecule has 1 aromatic carbocycles. The van der Waals surface area contributed by atoms with Gasteiger partial charge in [-0.15, -0.1) is 0 Å². The fourth-order valence-electron chi connectivity index (χ4n) is 5.96. The normalized spacial score (nSPS) is 19.5. The molecular weight excluding hydrogens is 504 g/mol. The van der Waals surface area contributed by atoms with Crippen molar-refractivity contribution in [3.63, 3.8) is 0 Å². The van der Waals surface area contributed by atoms with Crippen molar-refractivity contribution >= 4 is 26.8 Å². The Morgan fingerprint density at radius 3 is 2.45 bits per heavy atom. The van der Waals surface area contributed by atoms with E-state index >= 15 is 0 Å². The summed E-state index contributed by atoms with van der Waals surface area (Å²) in [6.07, 6.45) is 5.96. The van der Waals surface area contributed by atoms with E-state index in [0.29, 0.717) is 52.4 Å². The lowest BCUT2D eigenvalue weighted by Gasteiger charge is -2.34.